The van der Waals surface area contributed by atoms with Crippen molar-refractivity contribution < 1.29 is 9.53 Å². The van der Waals surface area contributed by atoms with Crippen LogP contribution < -0.4 is 10.9 Å². The lowest BCUT2D eigenvalue weighted by molar-refractivity contribution is 0.0374. The Morgan fingerprint density at radius 2 is 2.14 bits per heavy atom. The quantitative estimate of drug-likeness (QED) is 0.744. The number of nitrogens with one attached hydrogen (secondary N) is 2. The van der Waals surface area contributed by atoms with Gasteiger partial charge in [0.1, 0.15) is 0 Å². The van der Waals surface area contributed by atoms with E-state index in [0.717, 1.165) is 39.3 Å². The van der Waals surface area contributed by atoms with Crippen molar-refractivity contribution >= 4 is 5.91 Å². The minimum Gasteiger partial charge on any atom is -0.379 e. The van der Waals surface area contributed by atoms with Crippen molar-refractivity contribution in [1.29, 1.82) is 0 Å². The van der Waals surface area contributed by atoms with Gasteiger partial charge in [0.15, 0.2) is 0 Å². The molecule has 1 aliphatic heterocycles. The number of aromatic amines is 1. The van der Waals surface area contributed by atoms with E-state index in [2.05, 4.69) is 15.2 Å². The van der Waals surface area contributed by atoms with Gasteiger partial charge in [0.05, 0.1) is 18.8 Å². The van der Waals surface area contributed by atoms with Crippen molar-refractivity contribution in [3.05, 3.63) is 33.7 Å². The molecule has 1 fully saturated rings. The van der Waals surface area contributed by atoms with Crippen molar-refractivity contribution in [1.82, 2.24) is 15.2 Å². The number of ether oxygens (including phenoxy) is 1. The molecule has 0 spiro atoms. The largest absolute Gasteiger partial charge is 0.379 e. The van der Waals surface area contributed by atoms with Gasteiger partial charge in [-0.25, -0.2) is 0 Å². The van der Waals surface area contributed by atoms with Gasteiger partial charge in [-0.15, -0.1) is 0 Å². The predicted molar refractivity (Wildman–Crippen MR) is 80.6 cm³/mol. The third-order valence-electron chi connectivity index (χ3n) is 3.64. The predicted octanol–water partition coefficient (Wildman–Crippen LogP) is 0.389. The van der Waals surface area contributed by atoms with Crippen LogP contribution in [-0.4, -0.2) is 55.2 Å². The SMILES string of the molecule is CCc1[nH]c(=O)ccc1C(=O)NCCCN1CCOCC1. The molecule has 1 saturated heterocycles. The summed E-state index contributed by atoms with van der Waals surface area (Å²) >= 11 is 0. The number of pyridine rings is 1. The van der Waals surface area contributed by atoms with Gasteiger partial charge in [0.2, 0.25) is 5.56 Å². The topological polar surface area (TPSA) is 74.4 Å². The first-order valence-electron chi connectivity index (χ1n) is 7.51. The molecule has 2 N–H and O–H groups in total. The highest BCUT2D eigenvalue weighted by Gasteiger charge is 2.12. The zero-order valence-corrected chi connectivity index (χ0v) is 12.5. The number of morpholine rings is 1. The van der Waals surface area contributed by atoms with Gasteiger partial charge in [-0.2, -0.15) is 0 Å². The molecule has 0 aromatic carbocycles. The molecule has 116 valence electrons. The maximum atomic E-state index is 12.1. The fourth-order valence-electron chi connectivity index (χ4n) is 2.43. The van der Waals surface area contributed by atoms with Gasteiger partial charge in [-0.1, -0.05) is 6.92 Å². The number of amides is 1. The first-order chi connectivity index (χ1) is 10.2. The maximum Gasteiger partial charge on any atom is 0.253 e. The van der Waals surface area contributed by atoms with E-state index >= 15 is 0 Å². The first kappa shape index (κ1) is 15.7. The number of rotatable bonds is 6. The smallest absolute Gasteiger partial charge is 0.253 e. The summed E-state index contributed by atoms with van der Waals surface area (Å²) in [6, 6.07) is 2.98. The van der Waals surface area contributed by atoms with E-state index in [4.69, 9.17) is 4.74 Å². The van der Waals surface area contributed by atoms with Crippen LogP contribution in [0.2, 0.25) is 0 Å². The van der Waals surface area contributed by atoms with E-state index in [0.29, 0.717) is 24.2 Å². The molecule has 6 nitrogen and oxygen atoms in total. The minimum absolute atomic E-state index is 0.120. The van der Waals surface area contributed by atoms with Crippen LogP contribution in [0.5, 0.6) is 0 Å². The maximum absolute atomic E-state index is 12.1. The summed E-state index contributed by atoms with van der Waals surface area (Å²) in [5.74, 6) is -0.120. The molecule has 1 aromatic heterocycles. The van der Waals surface area contributed by atoms with E-state index in [9.17, 15) is 9.59 Å². The van der Waals surface area contributed by atoms with Crippen molar-refractivity contribution in [3.63, 3.8) is 0 Å². The molecule has 0 bridgehead atoms. The lowest BCUT2D eigenvalue weighted by atomic mass is 10.1. The molecule has 0 radical (unpaired) electrons. The van der Waals surface area contributed by atoms with E-state index in [1.54, 1.807) is 6.07 Å². The van der Waals surface area contributed by atoms with Crippen LogP contribution in [0.3, 0.4) is 0 Å². The standard InChI is InChI=1S/C15H23N3O3/c1-2-13-12(4-5-14(19)17-13)15(20)16-6-3-7-18-8-10-21-11-9-18/h4-5H,2-3,6-11H2,1H3,(H,16,20)(H,17,19). The van der Waals surface area contributed by atoms with Gasteiger partial charge in [-0.05, 0) is 25.5 Å². The van der Waals surface area contributed by atoms with E-state index < -0.39 is 0 Å². The molecule has 2 rings (SSSR count). The van der Waals surface area contributed by atoms with Crippen LogP contribution in [0.1, 0.15) is 29.4 Å². The summed E-state index contributed by atoms with van der Waals surface area (Å²) < 4.78 is 5.30. The number of aromatic nitrogens is 1. The number of H-pyrrole nitrogens is 1. The van der Waals surface area contributed by atoms with Gasteiger partial charge in [0, 0.05) is 31.4 Å². The molecule has 0 aliphatic carbocycles. The summed E-state index contributed by atoms with van der Waals surface area (Å²) in [6.45, 7) is 7.05. The van der Waals surface area contributed by atoms with Crippen LogP contribution in [0.15, 0.2) is 16.9 Å². The Balaban J connectivity index is 1.77. The second kappa shape index (κ2) is 7.95. The summed E-state index contributed by atoms with van der Waals surface area (Å²) in [6.07, 6.45) is 1.54. The number of carbonyl (C=O) groups excluding carboxylic acids is 1. The third kappa shape index (κ3) is 4.68. The molecular weight excluding hydrogens is 270 g/mol. The normalized spacial score (nSPS) is 15.9. The lowest BCUT2D eigenvalue weighted by Crippen LogP contribution is -2.38. The summed E-state index contributed by atoms with van der Waals surface area (Å²) in [4.78, 5) is 28.4. The molecule has 0 atom stereocenters. The highest BCUT2D eigenvalue weighted by molar-refractivity contribution is 5.95. The van der Waals surface area contributed by atoms with Crippen molar-refractivity contribution in [2.24, 2.45) is 0 Å². The molecule has 0 saturated carbocycles. The van der Waals surface area contributed by atoms with Crippen molar-refractivity contribution in [2.45, 2.75) is 19.8 Å². The van der Waals surface area contributed by atoms with E-state index in [-0.39, 0.29) is 11.5 Å². The zero-order chi connectivity index (χ0) is 15.1. The molecule has 0 unspecified atom stereocenters. The first-order valence-corrected chi connectivity index (χ1v) is 7.51. The Morgan fingerprint density at radius 1 is 1.38 bits per heavy atom. The fraction of sp³-hybridized carbons (Fsp3) is 0.600. The second-order valence-corrected chi connectivity index (χ2v) is 5.13. The second-order valence-electron chi connectivity index (χ2n) is 5.13. The Morgan fingerprint density at radius 3 is 2.86 bits per heavy atom. The van der Waals surface area contributed by atoms with Crippen LogP contribution >= 0.6 is 0 Å². The minimum atomic E-state index is -0.171. The molecule has 1 amide bonds. The van der Waals surface area contributed by atoms with Crippen molar-refractivity contribution in [2.75, 3.05) is 39.4 Å². The summed E-state index contributed by atoms with van der Waals surface area (Å²) in [7, 11) is 0. The highest BCUT2D eigenvalue weighted by Crippen LogP contribution is 2.04. The number of hydrogen-bond acceptors (Lipinski definition) is 4. The van der Waals surface area contributed by atoms with E-state index in [1.807, 2.05) is 6.92 Å². The third-order valence-corrected chi connectivity index (χ3v) is 3.64. The summed E-state index contributed by atoms with van der Waals surface area (Å²) in [5.41, 5.74) is 1.08. The average molecular weight is 293 g/mol. The lowest BCUT2D eigenvalue weighted by Gasteiger charge is -2.26. The van der Waals surface area contributed by atoms with Crippen LogP contribution in [0.25, 0.3) is 0 Å². The Hall–Kier alpha value is -1.66. The molecule has 1 aliphatic rings. The molecule has 2 heterocycles. The van der Waals surface area contributed by atoms with Gasteiger partial charge in [0.25, 0.3) is 5.91 Å². The monoisotopic (exact) mass is 293 g/mol. The highest BCUT2D eigenvalue weighted by atomic mass is 16.5. The van der Waals surface area contributed by atoms with Crippen molar-refractivity contribution in [3.8, 4) is 0 Å². The van der Waals surface area contributed by atoms with Gasteiger partial charge in [-0.3, -0.25) is 14.5 Å². The van der Waals surface area contributed by atoms with Crippen LogP contribution in [-0.2, 0) is 11.2 Å². The molecule has 21 heavy (non-hydrogen) atoms. The van der Waals surface area contributed by atoms with Gasteiger partial charge < -0.3 is 15.0 Å². The molecular formula is C15H23N3O3. The van der Waals surface area contributed by atoms with Crippen LogP contribution in [0.4, 0.5) is 0 Å². The number of carbonyl (C=O) groups is 1. The Labute approximate surface area is 124 Å². The Bertz CT molecular complexity index is 521. The molecule has 1 aromatic rings. The number of aryl methyl sites for hydroxylation is 1. The van der Waals surface area contributed by atoms with Crippen LogP contribution in [0, 0.1) is 0 Å². The van der Waals surface area contributed by atoms with Gasteiger partial charge >= 0.3 is 0 Å². The fourth-order valence-corrected chi connectivity index (χ4v) is 2.43. The number of nitrogens with zero attached hydrogens (tertiary/aromatic N) is 1. The summed E-state index contributed by atoms with van der Waals surface area (Å²) in [5, 5.41) is 2.91. The Kier molecular flexibility index (Phi) is 5.95. The van der Waals surface area contributed by atoms with E-state index in [1.165, 1.54) is 6.07 Å². The average Bonchev–Trinajstić information content (AvgIpc) is 2.52. The zero-order valence-electron chi connectivity index (χ0n) is 12.5. The molecule has 6 heteroatoms. The number of hydrogen-bond donors (Lipinski definition) is 2.